The van der Waals surface area contributed by atoms with Gasteiger partial charge in [-0.3, -0.25) is 4.79 Å². The van der Waals surface area contributed by atoms with Crippen molar-refractivity contribution in [3.8, 4) is 5.69 Å². The number of benzene rings is 1. The molecule has 0 spiro atoms. The number of primary amides is 1. The number of aromatic nitrogens is 2. The summed E-state index contributed by atoms with van der Waals surface area (Å²) in [5, 5.41) is 11.7. The highest BCUT2D eigenvalue weighted by molar-refractivity contribution is 6.42. The molecule has 1 heterocycles. The molecule has 0 saturated carbocycles. The van der Waals surface area contributed by atoms with E-state index in [1.54, 1.807) is 0 Å². The Morgan fingerprint density at radius 2 is 2.05 bits per heavy atom. The van der Waals surface area contributed by atoms with E-state index < -0.39 is 22.3 Å². The van der Waals surface area contributed by atoms with Gasteiger partial charge >= 0.3 is 5.82 Å². The van der Waals surface area contributed by atoms with E-state index in [1.807, 2.05) is 0 Å². The van der Waals surface area contributed by atoms with Crippen LogP contribution >= 0.6 is 23.2 Å². The number of imidazole rings is 1. The van der Waals surface area contributed by atoms with E-state index in [4.69, 9.17) is 28.9 Å². The quantitative estimate of drug-likeness (QED) is 0.694. The zero-order valence-electron chi connectivity index (χ0n) is 10.1. The fourth-order valence-corrected chi connectivity index (χ4v) is 2.08. The van der Waals surface area contributed by atoms with Crippen LogP contribution in [0, 0.1) is 17.0 Å². The summed E-state index contributed by atoms with van der Waals surface area (Å²) in [6, 6.07) is 4.46. The van der Waals surface area contributed by atoms with Crippen molar-refractivity contribution in [2.75, 3.05) is 0 Å². The maximum Gasteiger partial charge on any atom is 0.361 e. The first kappa shape index (κ1) is 14.3. The molecule has 2 N–H and O–H groups in total. The van der Waals surface area contributed by atoms with Crippen LogP contribution in [-0.4, -0.2) is 20.4 Å². The number of hydrogen-bond donors (Lipinski definition) is 1. The van der Waals surface area contributed by atoms with Crippen LogP contribution in [0.15, 0.2) is 18.2 Å². The molecule has 0 fully saturated rings. The fourth-order valence-electron chi connectivity index (χ4n) is 1.79. The van der Waals surface area contributed by atoms with Crippen molar-refractivity contribution in [1.29, 1.82) is 0 Å². The Labute approximate surface area is 123 Å². The smallest absolute Gasteiger partial charge is 0.361 e. The summed E-state index contributed by atoms with van der Waals surface area (Å²) in [4.78, 5) is 25.5. The predicted molar refractivity (Wildman–Crippen MR) is 73.5 cm³/mol. The van der Waals surface area contributed by atoms with Crippen molar-refractivity contribution in [3.05, 3.63) is 49.9 Å². The van der Waals surface area contributed by atoms with Gasteiger partial charge in [0.25, 0.3) is 5.91 Å². The lowest BCUT2D eigenvalue weighted by Gasteiger charge is -2.04. The third-order valence-electron chi connectivity index (χ3n) is 2.59. The first-order valence-electron chi connectivity index (χ1n) is 5.32. The number of halogens is 2. The number of rotatable bonds is 3. The topological polar surface area (TPSA) is 104 Å². The number of carbonyl (C=O) groups is 1. The van der Waals surface area contributed by atoms with Crippen LogP contribution in [-0.2, 0) is 0 Å². The first-order valence-corrected chi connectivity index (χ1v) is 6.07. The normalized spacial score (nSPS) is 10.6. The minimum atomic E-state index is -0.974. The van der Waals surface area contributed by atoms with Gasteiger partial charge in [-0.05, 0) is 17.1 Å². The molecule has 1 aromatic heterocycles. The number of nitro groups is 1. The van der Waals surface area contributed by atoms with E-state index >= 15 is 0 Å². The molecule has 0 bridgehead atoms. The number of hydrogen-bond acceptors (Lipinski definition) is 4. The maximum atomic E-state index is 11.2. The molecule has 2 rings (SSSR count). The van der Waals surface area contributed by atoms with Gasteiger partial charge < -0.3 is 15.8 Å². The van der Waals surface area contributed by atoms with Gasteiger partial charge in [0.1, 0.15) is 5.69 Å². The molecule has 104 valence electrons. The minimum absolute atomic E-state index is 0.229. The molecular formula is C11H8Cl2N4O3. The molecule has 0 radical (unpaired) electrons. The zero-order chi connectivity index (χ0) is 15.0. The van der Waals surface area contributed by atoms with Crippen LogP contribution in [0.4, 0.5) is 5.82 Å². The Bertz CT molecular complexity index is 727. The van der Waals surface area contributed by atoms with E-state index in [0.29, 0.717) is 10.7 Å². The average molecular weight is 315 g/mol. The first-order chi connectivity index (χ1) is 9.32. The highest BCUT2D eigenvalue weighted by Gasteiger charge is 2.30. The SMILES string of the molecule is Cc1nc(C(N)=O)c([N+](=O)[O-])n1-c1ccc(Cl)c(Cl)c1. The lowest BCUT2D eigenvalue weighted by atomic mass is 10.3. The molecule has 0 aliphatic rings. The van der Waals surface area contributed by atoms with Gasteiger partial charge in [-0.2, -0.15) is 9.55 Å². The third kappa shape index (κ3) is 2.33. The van der Waals surface area contributed by atoms with Gasteiger partial charge in [0.2, 0.25) is 5.69 Å². The number of nitrogens with two attached hydrogens (primary N) is 1. The number of aryl methyl sites for hydroxylation is 1. The van der Waals surface area contributed by atoms with Crippen molar-refractivity contribution >= 4 is 34.9 Å². The highest BCUT2D eigenvalue weighted by Crippen LogP contribution is 2.29. The summed E-state index contributed by atoms with van der Waals surface area (Å²) in [5.41, 5.74) is 5.06. The largest absolute Gasteiger partial charge is 0.364 e. The minimum Gasteiger partial charge on any atom is -0.364 e. The summed E-state index contributed by atoms with van der Waals surface area (Å²) < 4.78 is 1.18. The molecule has 1 aromatic carbocycles. The second-order valence-electron chi connectivity index (χ2n) is 3.89. The van der Waals surface area contributed by atoms with Crippen molar-refractivity contribution < 1.29 is 9.72 Å². The Morgan fingerprint density at radius 1 is 1.40 bits per heavy atom. The zero-order valence-corrected chi connectivity index (χ0v) is 11.6. The summed E-state index contributed by atoms with van der Waals surface area (Å²) in [6.45, 7) is 1.52. The molecule has 0 atom stereocenters. The molecular weight excluding hydrogens is 307 g/mol. The van der Waals surface area contributed by atoms with Crippen LogP contribution in [0.25, 0.3) is 5.69 Å². The molecule has 0 saturated heterocycles. The van der Waals surface area contributed by atoms with E-state index in [2.05, 4.69) is 4.98 Å². The second-order valence-corrected chi connectivity index (χ2v) is 4.70. The molecule has 20 heavy (non-hydrogen) atoms. The van der Waals surface area contributed by atoms with Gasteiger partial charge in [-0.25, -0.2) is 0 Å². The Hall–Kier alpha value is -2.12. The molecule has 0 unspecified atom stereocenters. The van der Waals surface area contributed by atoms with Crippen molar-refractivity contribution in [2.24, 2.45) is 5.73 Å². The van der Waals surface area contributed by atoms with Gasteiger partial charge in [0.15, 0.2) is 5.82 Å². The molecule has 1 amide bonds. The summed E-state index contributed by atoms with van der Waals surface area (Å²) in [6.07, 6.45) is 0. The fraction of sp³-hybridized carbons (Fsp3) is 0.0909. The summed E-state index contributed by atoms with van der Waals surface area (Å²) in [7, 11) is 0. The Morgan fingerprint density at radius 3 is 2.55 bits per heavy atom. The average Bonchev–Trinajstić information content (AvgIpc) is 2.71. The van der Waals surface area contributed by atoms with Gasteiger partial charge in [-0.1, -0.05) is 23.2 Å². The third-order valence-corrected chi connectivity index (χ3v) is 3.33. The number of nitrogens with zero attached hydrogens (tertiary/aromatic N) is 3. The van der Waals surface area contributed by atoms with Gasteiger partial charge in [0, 0.05) is 13.0 Å². The summed E-state index contributed by atoms with van der Waals surface area (Å²) >= 11 is 11.7. The maximum absolute atomic E-state index is 11.2. The molecule has 0 aliphatic heterocycles. The van der Waals surface area contributed by atoms with Crippen molar-refractivity contribution in [3.63, 3.8) is 0 Å². The number of carbonyl (C=O) groups excluding carboxylic acids is 1. The van der Waals surface area contributed by atoms with E-state index in [0.717, 1.165) is 0 Å². The van der Waals surface area contributed by atoms with Crippen LogP contribution in [0.2, 0.25) is 10.0 Å². The van der Waals surface area contributed by atoms with Gasteiger partial charge in [0.05, 0.1) is 10.0 Å². The van der Waals surface area contributed by atoms with Crippen molar-refractivity contribution in [1.82, 2.24) is 9.55 Å². The van der Waals surface area contributed by atoms with E-state index in [1.165, 1.54) is 29.7 Å². The second kappa shape index (κ2) is 5.10. The summed E-state index contributed by atoms with van der Waals surface area (Å²) in [5.74, 6) is -1.24. The molecule has 2 aromatic rings. The van der Waals surface area contributed by atoms with Crippen molar-refractivity contribution in [2.45, 2.75) is 6.92 Å². The molecule has 9 heteroatoms. The molecule has 7 nitrogen and oxygen atoms in total. The number of amides is 1. The standard InChI is InChI=1S/C11H8Cl2N4O3/c1-5-15-9(10(14)18)11(17(19)20)16(5)6-2-3-7(12)8(13)4-6/h2-4H,1H3,(H2,14,18). The van der Waals surface area contributed by atoms with Gasteiger partial charge in [-0.15, -0.1) is 0 Å². The monoisotopic (exact) mass is 314 g/mol. The van der Waals surface area contributed by atoms with E-state index in [-0.39, 0.29) is 10.8 Å². The van der Waals surface area contributed by atoms with E-state index in [9.17, 15) is 14.9 Å². The van der Waals surface area contributed by atoms with Crippen LogP contribution in [0.3, 0.4) is 0 Å². The van der Waals surface area contributed by atoms with Crippen LogP contribution in [0.5, 0.6) is 0 Å². The Kier molecular flexibility index (Phi) is 3.65. The van der Waals surface area contributed by atoms with Crippen LogP contribution < -0.4 is 5.73 Å². The Balaban J connectivity index is 2.76. The highest BCUT2D eigenvalue weighted by atomic mass is 35.5. The predicted octanol–water partition coefficient (Wildman–Crippen LogP) is 2.49. The lowest BCUT2D eigenvalue weighted by Crippen LogP contribution is -2.14. The molecule has 0 aliphatic carbocycles. The lowest BCUT2D eigenvalue weighted by molar-refractivity contribution is -0.391. The van der Waals surface area contributed by atoms with Crippen LogP contribution in [0.1, 0.15) is 16.3 Å².